The van der Waals surface area contributed by atoms with Gasteiger partial charge >= 0.3 is 7.82 Å². The number of benzene rings is 1. The number of aryl methyl sites for hydroxylation is 1. The second-order valence-electron chi connectivity index (χ2n) is 2.88. The second-order valence-corrected chi connectivity index (χ2v) is 5.59. The van der Waals surface area contributed by atoms with Gasteiger partial charge in [0.1, 0.15) is 5.75 Å². The summed E-state index contributed by atoms with van der Waals surface area (Å²) in [6.07, 6.45) is 0. The van der Waals surface area contributed by atoms with Crippen LogP contribution < -0.4 is 9.42 Å². The molecule has 7 nitrogen and oxygen atoms in total. The summed E-state index contributed by atoms with van der Waals surface area (Å²) in [5, 5.41) is 0. The molecular formula is C7H9O7P2-. The maximum atomic E-state index is 11.1. The van der Waals surface area contributed by atoms with Crippen LogP contribution in [0.5, 0.6) is 5.75 Å². The van der Waals surface area contributed by atoms with E-state index < -0.39 is 15.6 Å². The van der Waals surface area contributed by atoms with Crippen LogP contribution in [0.25, 0.3) is 0 Å². The van der Waals surface area contributed by atoms with Crippen LogP contribution >= 0.6 is 15.6 Å². The third-order valence-corrected chi connectivity index (χ3v) is 3.59. The summed E-state index contributed by atoms with van der Waals surface area (Å²) < 4.78 is 29.4. The lowest BCUT2D eigenvalue weighted by atomic mass is 10.2. The van der Waals surface area contributed by atoms with Crippen LogP contribution in [-0.4, -0.2) is 9.79 Å². The van der Waals surface area contributed by atoms with Crippen LogP contribution in [0.1, 0.15) is 5.56 Å². The van der Waals surface area contributed by atoms with Gasteiger partial charge in [-0.05, 0) is 18.6 Å². The summed E-state index contributed by atoms with van der Waals surface area (Å²) in [6, 6.07) is 6.13. The first-order chi connectivity index (χ1) is 7.20. The second kappa shape index (κ2) is 4.67. The van der Waals surface area contributed by atoms with Crippen molar-refractivity contribution in [2.24, 2.45) is 0 Å². The SMILES string of the molecule is Cc1ccccc1OP(=O)(O)OP(=O)([O-])O. The van der Waals surface area contributed by atoms with Gasteiger partial charge in [-0.3, -0.25) is 9.46 Å². The Kier molecular flexibility index (Phi) is 3.91. The Morgan fingerprint density at radius 1 is 1.25 bits per heavy atom. The fourth-order valence-corrected chi connectivity index (χ4v) is 2.56. The van der Waals surface area contributed by atoms with Gasteiger partial charge in [0.15, 0.2) is 0 Å². The van der Waals surface area contributed by atoms with E-state index >= 15 is 0 Å². The highest BCUT2D eigenvalue weighted by Gasteiger charge is 2.28. The normalized spacial score (nSPS) is 18.5. The summed E-state index contributed by atoms with van der Waals surface area (Å²) in [4.78, 5) is 27.5. The highest BCUT2D eigenvalue weighted by molar-refractivity contribution is 7.60. The molecule has 0 saturated heterocycles. The van der Waals surface area contributed by atoms with Crippen molar-refractivity contribution in [1.82, 2.24) is 0 Å². The van der Waals surface area contributed by atoms with Gasteiger partial charge in [-0.2, -0.15) is 0 Å². The van der Waals surface area contributed by atoms with Crippen molar-refractivity contribution in [3.63, 3.8) is 0 Å². The first-order valence-corrected chi connectivity index (χ1v) is 7.02. The molecule has 0 heterocycles. The number of rotatable bonds is 4. The van der Waals surface area contributed by atoms with E-state index in [1.54, 1.807) is 19.1 Å². The van der Waals surface area contributed by atoms with E-state index in [2.05, 4.69) is 8.83 Å². The zero-order valence-corrected chi connectivity index (χ0v) is 9.93. The topological polar surface area (TPSA) is 116 Å². The lowest BCUT2D eigenvalue weighted by Crippen LogP contribution is -2.05. The molecule has 0 bridgehead atoms. The van der Waals surface area contributed by atoms with Gasteiger partial charge in [-0.1, -0.05) is 18.2 Å². The van der Waals surface area contributed by atoms with Gasteiger partial charge in [-0.25, -0.2) is 8.88 Å². The standard InChI is InChI=1S/C7H10O7P2/c1-6-4-2-3-5-7(6)13-16(11,12)14-15(8,9)10/h2-5H,1H3,(H,11,12)(H2,8,9,10)/p-1. The Bertz CT molecular complexity index is 466. The molecule has 0 aliphatic rings. The molecule has 1 rings (SSSR count). The Morgan fingerprint density at radius 2 is 1.81 bits per heavy atom. The van der Waals surface area contributed by atoms with E-state index in [0.717, 1.165) is 0 Å². The molecule has 0 aliphatic carbocycles. The molecule has 2 N–H and O–H groups in total. The van der Waals surface area contributed by atoms with Gasteiger partial charge in [0.05, 0.1) is 0 Å². The third-order valence-electron chi connectivity index (χ3n) is 1.51. The van der Waals surface area contributed by atoms with Crippen LogP contribution in [-0.2, 0) is 13.4 Å². The zero-order chi connectivity index (χ0) is 12.4. The minimum absolute atomic E-state index is 0.0122. The van der Waals surface area contributed by atoms with Gasteiger partial charge < -0.3 is 14.3 Å². The van der Waals surface area contributed by atoms with Crippen LogP contribution in [0.2, 0.25) is 0 Å². The minimum atomic E-state index is -5.33. The van der Waals surface area contributed by atoms with Crippen molar-refractivity contribution < 1.29 is 32.6 Å². The Balaban J connectivity index is 2.85. The van der Waals surface area contributed by atoms with Crippen molar-refractivity contribution in [3.8, 4) is 5.75 Å². The molecule has 0 fully saturated rings. The van der Waals surface area contributed by atoms with E-state index in [1.807, 2.05) is 0 Å². The van der Waals surface area contributed by atoms with Crippen LogP contribution in [0.3, 0.4) is 0 Å². The smallest absolute Gasteiger partial charge is 0.534 e. The zero-order valence-electron chi connectivity index (χ0n) is 8.14. The lowest BCUT2D eigenvalue weighted by molar-refractivity contribution is -0.212. The summed E-state index contributed by atoms with van der Waals surface area (Å²) in [6.45, 7) is 1.59. The van der Waals surface area contributed by atoms with Gasteiger partial charge in [0, 0.05) is 0 Å². The first-order valence-electron chi connectivity index (χ1n) is 4.03. The first kappa shape index (κ1) is 13.4. The Morgan fingerprint density at radius 3 is 2.31 bits per heavy atom. The van der Waals surface area contributed by atoms with Crippen molar-refractivity contribution in [2.45, 2.75) is 6.92 Å². The number of phosphoric acid groups is 2. The lowest BCUT2D eigenvalue weighted by Gasteiger charge is -2.19. The van der Waals surface area contributed by atoms with Crippen molar-refractivity contribution in [1.29, 1.82) is 0 Å². The molecule has 0 aliphatic heterocycles. The number of hydrogen-bond donors (Lipinski definition) is 2. The molecule has 0 radical (unpaired) electrons. The molecular weight excluding hydrogens is 258 g/mol. The van der Waals surface area contributed by atoms with Crippen LogP contribution in [0, 0.1) is 6.92 Å². The molecule has 90 valence electrons. The molecule has 16 heavy (non-hydrogen) atoms. The maximum absolute atomic E-state index is 11.1. The average molecular weight is 267 g/mol. The Labute approximate surface area is 91.5 Å². The molecule has 1 aromatic carbocycles. The molecule has 1 aromatic rings. The maximum Gasteiger partial charge on any atom is 0.534 e. The van der Waals surface area contributed by atoms with E-state index in [-0.39, 0.29) is 5.75 Å². The van der Waals surface area contributed by atoms with Gasteiger partial charge in [-0.15, -0.1) is 0 Å². The average Bonchev–Trinajstić information content (AvgIpc) is 2.04. The van der Waals surface area contributed by atoms with E-state index in [4.69, 9.17) is 9.79 Å². The quantitative estimate of drug-likeness (QED) is 0.780. The minimum Gasteiger partial charge on any atom is -0.756 e. The number of phosphoric ester groups is 1. The van der Waals surface area contributed by atoms with E-state index in [1.165, 1.54) is 12.1 Å². The van der Waals surface area contributed by atoms with Gasteiger partial charge in [0.25, 0.3) is 7.82 Å². The fourth-order valence-electron chi connectivity index (χ4n) is 0.930. The van der Waals surface area contributed by atoms with Crippen molar-refractivity contribution in [3.05, 3.63) is 29.8 Å². The number of para-hydroxylation sites is 1. The van der Waals surface area contributed by atoms with Gasteiger partial charge in [0.2, 0.25) is 0 Å². The highest BCUT2D eigenvalue weighted by Crippen LogP contribution is 2.55. The summed E-state index contributed by atoms with van der Waals surface area (Å²) in [5.74, 6) is -0.0122. The van der Waals surface area contributed by atoms with Crippen molar-refractivity contribution in [2.75, 3.05) is 0 Å². The molecule has 9 heteroatoms. The summed E-state index contributed by atoms with van der Waals surface area (Å²) in [5.41, 5.74) is 0.513. The molecule has 0 saturated carbocycles. The number of hydrogen-bond acceptors (Lipinski definition) is 5. The molecule has 2 unspecified atom stereocenters. The van der Waals surface area contributed by atoms with Crippen LogP contribution in [0.15, 0.2) is 24.3 Å². The summed E-state index contributed by atoms with van der Waals surface area (Å²) in [7, 11) is -10.2. The molecule has 0 amide bonds. The van der Waals surface area contributed by atoms with Crippen LogP contribution in [0.4, 0.5) is 0 Å². The molecule has 0 aromatic heterocycles. The van der Waals surface area contributed by atoms with E-state index in [0.29, 0.717) is 5.56 Å². The predicted molar refractivity (Wildman–Crippen MR) is 52.5 cm³/mol. The Hall–Kier alpha value is -0.680. The predicted octanol–water partition coefficient (Wildman–Crippen LogP) is 0.952. The third kappa shape index (κ3) is 4.45. The molecule has 0 spiro atoms. The monoisotopic (exact) mass is 267 g/mol. The largest absolute Gasteiger partial charge is 0.756 e. The van der Waals surface area contributed by atoms with Crippen molar-refractivity contribution >= 4 is 15.6 Å². The highest BCUT2D eigenvalue weighted by atomic mass is 31.3. The summed E-state index contributed by atoms with van der Waals surface area (Å²) >= 11 is 0. The van der Waals surface area contributed by atoms with E-state index in [9.17, 15) is 14.0 Å². The fraction of sp³-hybridized carbons (Fsp3) is 0.143. The molecule has 2 atom stereocenters.